The van der Waals surface area contributed by atoms with Gasteiger partial charge in [0, 0.05) is 33.3 Å². The van der Waals surface area contributed by atoms with Crippen LogP contribution in [0.2, 0.25) is 0 Å². The van der Waals surface area contributed by atoms with Gasteiger partial charge in [-0.15, -0.1) is 13.2 Å². The quantitative estimate of drug-likeness (QED) is 0.352. The molecule has 0 aliphatic rings. The monoisotopic (exact) mass is 536 g/mol. The number of nitrogens with zero attached hydrogens (tertiary/aromatic N) is 4. The van der Waals surface area contributed by atoms with Gasteiger partial charge >= 0.3 is 12.4 Å². The topological polar surface area (TPSA) is 106 Å². The third kappa shape index (κ3) is 7.16. The Hall–Kier alpha value is -4.26. The number of rotatable bonds is 12. The maximum atomic E-state index is 13.5. The van der Waals surface area contributed by atoms with E-state index in [1.807, 2.05) is 0 Å². The molecule has 38 heavy (non-hydrogen) atoms. The molecule has 0 radical (unpaired) electrons. The number of methoxy groups -OCH3 is 1. The van der Waals surface area contributed by atoms with Crippen molar-refractivity contribution in [3.05, 3.63) is 59.8 Å². The van der Waals surface area contributed by atoms with Gasteiger partial charge in [-0.1, -0.05) is 18.2 Å². The smallest absolute Gasteiger partial charge is 0.497 e. The summed E-state index contributed by atoms with van der Waals surface area (Å²) in [5.41, 5.74) is 0.725. The molecule has 0 aliphatic carbocycles. The fourth-order valence-corrected chi connectivity index (χ4v) is 3.50. The fourth-order valence-electron chi connectivity index (χ4n) is 3.50. The molecule has 1 aromatic heterocycles. The Morgan fingerprint density at radius 3 is 2.39 bits per heavy atom. The number of carbonyl (C=O) groups is 2. The predicted molar refractivity (Wildman–Crippen MR) is 131 cm³/mol. The fraction of sp³-hybridized carbons (Fsp3) is 0.320. The minimum absolute atomic E-state index is 0.00792. The zero-order valence-corrected chi connectivity index (χ0v) is 20.9. The first kappa shape index (κ1) is 28.3. The van der Waals surface area contributed by atoms with Crippen molar-refractivity contribution in [2.24, 2.45) is 0 Å². The van der Waals surface area contributed by atoms with Gasteiger partial charge in [0.1, 0.15) is 17.2 Å². The van der Waals surface area contributed by atoms with Crippen molar-refractivity contribution in [1.82, 2.24) is 14.5 Å². The standard InChI is InChI=1S/C25H27F3N4O6/c1-30(12-5-13-33)23(35)21-22(31(2)16-34)29-24(32(21)15-17-8-10-18(36-3)11-9-17)37-19-6-4-7-20(14-19)38-25(26,27)28/h4,6-11,14,16,33H,5,12-13,15H2,1-3H3. The lowest BCUT2D eigenvalue weighted by Crippen LogP contribution is -2.32. The Morgan fingerprint density at radius 1 is 1.11 bits per heavy atom. The molecule has 1 N–H and O–H groups in total. The van der Waals surface area contributed by atoms with E-state index < -0.39 is 18.0 Å². The molecule has 2 aromatic carbocycles. The highest BCUT2D eigenvalue weighted by Crippen LogP contribution is 2.33. The molecule has 10 nitrogen and oxygen atoms in total. The average molecular weight is 537 g/mol. The highest BCUT2D eigenvalue weighted by atomic mass is 19.4. The molecular weight excluding hydrogens is 509 g/mol. The van der Waals surface area contributed by atoms with Gasteiger partial charge in [0.15, 0.2) is 11.5 Å². The Bertz CT molecular complexity index is 1250. The number of amides is 2. The molecule has 0 saturated carbocycles. The number of hydrogen-bond acceptors (Lipinski definition) is 7. The molecule has 0 fully saturated rings. The SMILES string of the molecule is COc1ccc(Cn2c(Oc3cccc(OC(F)(F)F)c3)nc(N(C)C=O)c2C(=O)N(C)CCCO)cc1. The predicted octanol–water partition coefficient (Wildman–Crippen LogP) is 3.68. The van der Waals surface area contributed by atoms with E-state index in [4.69, 9.17) is 9.47 Å². The van der Waals surface area contributed by atoms with Gasteiger partial charge in [-0.05, 0) is 36.2 Å². The summed E-state index contributed by atoms with van der Waals surface area (Å²) >= 11 is 0. The molecule has 0 saturated heterocycles. The Balaban J connectivity index is 2.11. The number of aliphatic hydroxyl groups is 1. The first-order chi connectivity index (χ1) is 18.1. The third-order valence-electron chi connectivity index (χ3n) is 5.36. The maximum Gasteiger partial charge on any atom is 0.573 e. The Morgan fingerprint density at radius 2 is 1.79 bits per heavy atom. The van der Waals surface area contributed by atoms with E-state index in [-0.39, 0.29) is 43.0 Å². The second-order valence-electron chi connectivity index (χ2n) is 8.15. The van der Waals surface area contributed by atoms with E-state index in [1.165, 1.54) is 42.8 Å². The molecule has 0 spiro atoms. The summed E-state index contributed by atoms with van der Waals surface area (Å²) in [4.78, 5) is 31.9. The van der Waals surface area contributed by atoms with Crippen LogP contribution >= 0.6 is 0 Å². The molecule has 0 unspecified atom stereocenters. The summed E-state index contributed by atoms with van der Waals surface area (Å²) in [6.07, 6.45) is -4.11. The van der Waals surface area contributed by atoms with E-state index in [2.05, 4.69) is 9.72 Å². The summed E-state index contributed by atoms with van der Waals surface area (Å²) in [6.45, 7) is 0.154. The van der Waals surface area contributed by atoms with Gasteiger partial charge in [0.25, 0.3) is 5.91 Å². The van der Waals surface area contributed by atoms with Gasteiger partial charge in [0.05, 0.1) is 13.7 Å². The highest BCUT2D eigenvalue weighted by Gasteiger charge is 2.32. The normalized spacial score (nSPS) is 11.1. The lowest BCUT2D eigenvalue weighted by molar-refractivity contribution is -0.274. The lowest BCUT2D eigenvalue weighted by atomic mass is 10.2. The van der Waals surface area contributed by atoms with Gasteiger partial charge in [0.2, 0.25) is 6.41 Å². The van der Waals surface area contributed by atoms with Gasteiger partial charge in [-0.3, -0.25) is 14.2 Å². The average Bonchev–Trinajstić information content (AvgIpc) is 3.23. The molecule has 1 heterocycles. The van der Waals surface area contributed by atoms with Crippen LogP contribution in [0.25, 0.3) is 0 Å². The van der Waals surface area contributed by atoms with Gasteiger partial charge < -0.3 is 29.1 Å². The number of hydrogen-bond donors (Lipinski definition) is 1. The number of imidazole rings is 1. The number of aliphatic hydroxyl groups excluding tert-OH is 1. The maximum absolute atomic E-state index is 13.5. The van der Waals surface area contributed by atoms with E-state index in [1.54, 1.807) is 24.3 Å². The molecule has 3 aromatic rings. The Kier molecular flexibility index (Phi) is 9.18. The molecule has 0 atom stereocenters. The number of halogens is 3. The number of alkyl halides is 3. The molecule has 0 bridgehead atoms. The third-order valence-corrected chi connectivity index (χ3v) is 5.36. The van der Waals surface area contributed by atoms with Crippen LogP contribution in [0.15, 0.2) is 48.5 Å². The minimum Gasteiger partial charge on any atom is -0.497 e. The molecule has 204 valence electrons. The van der Waals surface area contributed by atoms with Crippen molar-refractivity contribution in [3.8, 4) is 23.3 Å². The number of ether oxygens (including phenoxy) is 3. The summed E-state index contributed by atoms with van der Waals surface area (Å²) in [7, 11) is 4.46. The molecule has 2 amide bonds. The van der Waals surface area contributed by atoms with Crippen molar-refractivity contribution in [1.29, 1.82) is 0 Å². The van der Waals surface area contributed by atoms with E-state index in [0.717, 1.165) is 22.6 Å². The second kappa shape index (κ2) is 12.3. The largest absolute Gasteiger partial charge is 0.573 e. The number of aromatic nitrogens is 2. The van der Waals surface area contributed by atoms with Crippen LogP contribution < -0.4 is 19.1 Å². The van der Waals surface area contributed by atoms with E-state index in [0.29, 0.717) is 18.6 Å². The van der Waals surface area contributed by atoms with Crippen LogP contribution in [0.4, 0.5) is 19.0 Å². The molecular formula is C25H27F3N4O6. The summed E-state index contributed by atoms with van der Waals surface area (Å²) in [5.74, 6) is -0.466. The van der Waals surface area contributed by atoms with Crippen LogP contribution in [0.3, 0.4) is 0 Å². The van der Waals surface area contributed by atoms with Crippen molar-refractivity contribution < 1.29 is 42.1 Å². The van der Waals surface area contributed by atoms with Crippen LogP contribution in [0, 0.1) is 0 Å². The lowest BCUT2D eigenvalue weighted by Gasteiger charge is -2.20. The number of benzene rings is 2. The zero-order valence-electron chi connectivity index (χ0n) is 20.9. The van der Waals surface area contributed by atoms with Gasteiger partial charge in [-0.2, -0.15) is 4.98 Å². The van der Waals surface area contributed by atoms with Crippen LogP contribution in [-0.4, -0.2) is 72.6 Å². The highest BCUT2D eigenvalue weighted by molar-refractivity contribution is 5.99. The van der Waals surface area contributed by atoms with Crippen LogP contribution in [-0.2, 0) is 11.3 Å². The summed E-state index contributed by atoms with van der Waals surface area (Å²) < 4.78 is 54.5. The Labute approximate surface area is 216 Å². The van der Waals surface area contributed by atoms with Crippen molar-refractivity contribution in [3.63, 3.8) is 0 Å². The van der Waals surface area contributed by atoms with Crippen molar-refractivity contribution in [2.75, 3.05) is 39.3 Å². The summed E-state index contributed by atoms with van der Waals surface area (Å²) in [6, 6.07) is 11.6. The van der Waals surface area contributed by atoms with Crippen molar-refractivity contribution >= 4 is 18.1 Å². The number of carbonyl (C=O) groups excluding carboxylic acids is 2. The van der Waals surface area contributed by atoms with E-state index >= 15 is 0 Å². The van der Waals surface area contributed by atoms with E-state index in [9.17, 15) is 27.9 Å². The molecule has 0 aliphatic heterocycles. The second-order valence-corrected chi connectivity index (χ2v) is 8.15. The zero-order chi connectivity index (χ0) is 27.9. The first-order valence-electron chi connectivity index (χ1n) is 11.4. The summed E-state index contributed by atoms with van der Waals surface area (Å²) in [5, 5.41) is 9.18. The van der Waals surface area contributed by atoms with Crippen LogP contribution in [0.5, 0.6) is 23.3 Å². The first-order valence-corrected chi connectivity index (χ1v) is 11.4. The van der Waals surface area contributed by atoms with Gasteiger partial charge in [-0.25, -0.2) is 0 Å². The molecule has 13 heteroatoms. The van der Waals surface area contributed by atoms with Crippen molar-refractivity contribution in [2.45, 2.75) is 19.3 Å². The molecule has 3 rings (SSSR count). The minimum atomic E-state index is -4.90. The van der Waals surface area contributed by atoms with Crippen LogP contribution in [0.1, 0.15) is 22.5 Å². The number of anilines is 1.